The van der Waals surface area contributed by atoms with E-state index in [9.17, 15) is 4.79 Å². The standard InChI is InChI=1S/C6H4BrClOS/c7-6(8)5(9)4-2-1-3-10-4/h1-3,6H. The van der Waals surface area contributed by atoms with Crippen molar-refractivity contribution in [3.8, 4) is 0 Å². The van der Waals surface area contributed by atoms with Crippen LogP contribution in [0.5, 0.6) is 0 Å². The molecule has 0 fully saturated rings. The van der Waals surface area contributed by atoms with Gasteiger partial charge in [0.1, 0.15) is 0 Å². The van der Waals surface area contributed by atoms with E-state index in [0.29, 0.717) is 4.88 Å². The number of thiophene rings is 1. The predicted octanol–water partition coefficient (Wildman–Crippen LogP) is 2.89. The molecule has 1 atom stereocenters. The van der Waals surface area contributed by atoms with E-state index in [1.807, 2.05) is 11.4 Å². The van der Waals surface area contributed by atoms with Crippen molar-refractivity contribution in [1.82, 2.24) is 0 Å². The van der Waals surface area contributed by atoms with Crippen LogP contribution in [-0.4, -0.2) is 10.1 Å². The number of hydrogen-bond acceptors (Lipinski definition) is 2. The normalized spacial score (nSPS) is 13.0. The second kappa shape index (κ2) is 3.51. The summed E-state index contributed by atoms with van der Waals surface area (Å²) < 4.78 is -0.592. The first-order chi connectivity index (χ1) is 4.72. The maximum absolute atomic E-state index is 11.0. The van der Waals surface area contributed by atoms with E-state index in [1.165, 1.54) is 11.3 Å². The maximum Gasteiger partial charge on any atom is 0.201 e. The number of carbonyl (C=O) groups is 1. The van der Waals surface area contributed by atoms with Gasteiger partial charge in [0.2, 0.25) is 5.78 Å². The Kier molecular flexibility index (Phi) is 2.89. The lowest BCUT2D eigenvalue weighted by molar-refractivity contribution is 0.101. The van der Waals surface area contributed by atoms with Crippen LogP contribution in [0.15, 0.2) is 17.5 Å². The predicted molar refractivity (Wildman–Crippen MR) is 47.2 cm³/mol. The summed E-state index contributed by atoms with van der Waals surface area (Å²) in [6.45, 7) is 0. The third-order valence-electron chi connectivity index (χ3n) is 0.962. The van der Waals surface area contributed by atoms with Gasteiger partial charge in [0.15, 0.2) is 4.29 Å². The van der Waals surface area contributed by atoms with Gasteiger partial charge in [0.05, 0.1) is 4.88 Å². The van der Waals surface area contributed by atoms with E-state index < -0.39 is 4.29 Å². The molecule has 0 radical (unpaired) electrons. The van der Waals surface area contributed by atoms with Gasteiger partial charge < -0.3 is 0 Å². The second-order valence-corrected chi connectivity index (χ2v) is 4.47. The summed E-state index contributed by atoms with van der Waals surface area (Å²) in [5.74, 6) is -0.0725. The van der Waals surface area contributed by atoms with E-state index in [0.717, 1.165) is 0 Å². The van der Waals surface area contributed by atoms with E-state index in [1.54, 1.807) is 6.07 Å². The number of halogens is 2. The van der Waals surface area contributed by atoms with Crippen LogP contribution in [0.1, 0.15) is 9.67 Å². The second-order valence-electron chi connectivity index (χ2n) is 1.64. The van der Waals surface area contributed by atoms with E-state index in [-0.39, 0.29) is 5.78 Å². The average molecular weight is 240 g/mol. The van der Waals surface area contributed by atoms with Crippen molar-refractivity contribution >= 4 is 44.7 Å². The molecule has 54 valence electrons. The van der Waals surface area contributed by atoms with Gasteiger partial charge in [-0.2, -0.15) is 0 Å². The number of ketones is 1. The molecular formula is C6H4BrClOS. The molecule has 1 heterocycles. The first-order valence-electron chi connectivity index (χ1n) is 2.57. The Morgan fingerprint density at radius 1 is 1.80 bits per heavy atom. The first kappa shape index (κ1) is 8.24. The molecule has 0 spiro atoms. The molecule has 1 aromatic heterocycles. The van der Waals surface area contributed by atoms with E-state index >= 15 is 0 Å². The van der Waals surface area contributed by atoms with Crippen LogP contribution < -0.4 is 0 Å². The Hall–Kier alpha value is 0.140. The summed E-state index contributed by atoms with van der Waals surface area (Å²) >= 11 is 9.87. The number of hydrogen-bond donors (Lipinski definition) is 0. The highest BCUT2D eigenvalue weighted by molar-refractivity contribution is 9.10. The van der Waals surface area contributed by atoms with Gasteiger partial charge in [-0.15, -0.1) is 22.9 Å². The minimum Gasteiger partial charge on any atom is -0.291 e. The van der Waals surface area contributed by atoms with Crippen LogP contribution in [0, 0.1) is 0 Å². The van der Waals surface area contributed by atoms with Crippen LogP contribution in [-0.2, 0) is 0 Å². The van der Waals surface area contributed by atoms with Crippen molar-refractivity contribution < 1.29 is 4.79 Å². The average Bonchev–Trinajstić information content (AvgIpc) is 2.36. The summed E-state index contributed by atoms with van der Waals surface area (Å²) in [5, 5.41) is 1.85. The zero-order chi connectivity index (χ0) is 7.56. The van der Waals surface area contributed by atoms with Crippen molar-refractivity contribution in [3.05, 3.63) is 22.4 Å². The SMILES string of the molecule is O=C(c1cccs1)C(Cl)Br. The zero-order valence-electron chi connectivity index (χ0n) is 4.88. The van der Waals surface area contributed by atoms with Crippen molar-refractivity contribution in [2.24, 2.45) is 0 Å². The molecule has 1 aromatic rings. The van der Waals surface area contributed by atoms with Crippen LogP contribution in [0.3, 0.4) is 0 Å². The number of rotatable bonds is 2. The zero-order valence-corrected chi connectivity index (χ0v) is 8.04. The molecule has 0 bridgehead atoms. The molecule has 0 saturated carbocycles. The monoisotopic (exact) mass is 238 g/mol. The summed E-state index contributed by atoms with van der Waals surface area (Å²) in [5.41, 5.74) is 0. The highest BCUT2D eigenvalue weighted by Gasteiger charge is 2.13. The van der Waals surface area contributed by atoms with E-state index in [4.69, 9.17) is 11.6 Å². The fourth-order valence-corrected chi connectivity index (χ4v) is 1.80. The third kappa shape index (κ3) is 1.81. The van der Waals surface area contributed by atoms with Crippen molar-refractivity contribution in [2.45, 2.75) is 4.29 Å². The van der Waals surface area contributed by atoms with Crippen LogP contribution in [0.25, 0.3) is 0 Å². The molecule has 1 unspecified atom stereocenters. The van der Waals surface area contributed by atoms with Crippen molar-refractivity contribution in [3.63, 3.8) is 0 Å². The summed E-state index contributed by atoms with van der Waals surface area (Å²) in [6.07, 6.45) is 0. The third-order valence-corrected chi connectivity index (χ3v) is 2.46. The summed E-state index contributed by atoms with van der Waals surface area (Å²) in [7, 11) is 0. The maximum atomic E-state index is 11.0. The molecule has 4 heteroatoms. The Bertz CT molecular complexity index is 220. The Balaban J connectivity index is 2.78. The molecule has 0 amide bonds. The van der Waals surface area contributed by atoms with Gasteiger partial charge in [0, 0.05) is 0 Å². The summed E-state index contributed by atoms with van der Waals surface area (Å²) in [6, 6.07) is 3.58. The molecule has 1 nitrogen and oxygen atoms in total. The molecular weight excluding hydrogens is 235 g/mol. The first-order valence-corrected chi connectivity index (χ1v) is 4.81. The Morgan fingerprint density at radius 3 is 2.90 bits per heavy atom. The van der Waals surface area contributed by atoms with Gasteiger partial charge in [-0.3, -0.25) is 4.79 Å². The number of carbonyl (C=O) groups excluding carboxylic acids is 1. The molecule has 0 saturated heterocycles. The number of Topliss-reactive ketones (excluding diaryl/α,β-unsaturated/α-hetero) is 1. The van der Waals surface area contributed by atoms with Crippen molar-refractivity contribution in [2.75, 3.05) is 0 Å². The highest BCUT2D eigenvalue weighted by atomic mass is 79.9. The van der Waals surface area contributed by atoms with Gasteiger partial charge in [-0.1, -0.05) is 22.0 Å². The fourth-order valence-electron chi connectivity index (χ4n) is 0.526. The minimum atomic E-state index is -0.592. The summed E-state index contributed by atoms with van der Waals surface area (Å²) in [4.78, 5) is 11.7. The van der Waals surface area contributed by atoms with E-state index in [2.05, 4.69) is 15.9 Å². The van der Waals surface area contributed by atoms with Gasteiger partial charge in [0.25, 0.3) is 0 Å². The van der Waals surface area contributed by atoms with Gasteiger partial charge >= 0.3 is 0 Å². The largest absolute Gasteiger partial charge is 0.291 e. The lowest BCUT2D eigenvalue weighted by Gasteiger charge is -1.94. The fraction of sp³-hybridized carbons (Fsp3) is 0.167. The number of alkyl halides is 2. The molecule has 1 rings (SSSR count). The quantitative estimate of drug-likeness (QED) is 0.573. The van der Waals surface area contributed by atoms with Crippen molar-refractivity contribution in [1.29, 1.82) is 0 Å². The molecule has 0 aromatic carbocycles. The van der Waals surface area contributed by atoms with Gasteiger partial charge in [-0.05, 0) is 11.4 Å². The van der Waals surface area contributed by atoms with Gasteiger partial charge in [-0.25, -0.2) is 0 Å². The lowest BCUT2D eigenvalue weighted by Crippen LogP contribution is -2.04. The Labute approximate surface area is 76.1 Å². The van der Waals surface area contributed by atoms with Crippen LogP contribution in [0.4, 0.5) is 0 Å². The van der Waals surface area contributed by atoms with Crippen LogP contribution in [0.2, 0.25) is 0 Å². The molecule has 0 aliphatic rings. The lowest BCUT2D eigenvalue weighted by atomic mass is 10.4. The topological polar surface area (TPSA) is 17.1 Å². The molecule has 10 heavy (non-hydrogen) atoms. The molecule has 0 aliphatic heterocycles. The smallest absolute Gasteiger partial charge is 0.201 e. The Morgan fingerprint density at radius 2 is 2.50 bits per heavy atom. The highest BCUT2D eigenvalue weighted by Crippen LogP contribution is 2.17. The molecule has 0 N–H and O–H groups in total. The molecule has 0 aliphatic carbocycles. The van der Waals surface area contributed by atoms with Crippen LogP contribution >= 0.6 is 38.9 Å². The minimum absolute atomic E-state index is 0.0725.